The molecule has 1 aromatic heterocycles. The smallest absolute Gasteiger partial charge is 0.0842 e. The lowest BCUT2D eigenvalue weighted by Crippen LogP contribution is -2.33. The van der Waals surface area contributed by atoms with Crippen LogP contribution in [-0.4, -0.2) is 27.6 Å². The van der Waals surface area contributed by atoms with Crippen molar-refractivity contribution in [2.45, 2.75) is 25.8 Å². The topological polar surface area (TPSA) is 42.7 Å². The van der Waals surface area contributed by atoms with Crippen molar-refractivity contribution in [3.63, 3.8) is 0 Å². The van der Waals surface area contributed by atoms with Crippen LogP contribution in [0.5, 0.6) is 0 Å². The molecule has 0 radical (unpaired) electrons. The van der Waals surface area contributed by atoms with E-state index < -0.39 is 0 Å². The first-order valence-electron chi connectivity index (χ1n) is 6.50. The molecule has 102 valence electrons. The van der Waals surface area contributed by atoms with Gasteiger partial charge in [-0.2, -0.15) is 0 Å². The van der Waals surface area contributed by atoms with E-state index in [0.29, 0.717) is 6.04 Å². The lowest BCUT2D eigenvalue weighted by molar-refractivity contribution is 0.516. The number of hydrogen-bond donors (Lipinski definition) is 1. The molecule has 0 fully saturated rings. The Bertz CT molecular complexity index is 506. The van der Waals surface area contributed by atoms with Crippen LogP contribution in [-0.2, 0) is 19.9 Å². The summed E-state index contributed by atoms with van der Waals surface area (Å²) in [5.74, 6) is 0. The van der Waals surface area contributed by atoms with Gasteiger partial charge in [0.25, 0.3) is 0 Å². The number of hydrogen-bond acceptors (Lipinski definition) is 3. The number of rotatable bonds is 6. The Balaban J connectivity index is 2.01. The minimum atomic E-state index is 0.392. The predicted octanol–water partition coefficient (Wildman–Crippen LogP) is 2.34. The summed E-state index contributed by atoms with van der Waals surface area (Å²) < 4.78 is 2.86. The number of aromatic nitrogens is 3. The highest BCUT2D eigenvalue weighted by Crippen LogP contribution is 2.13. The number of halogens is 1. The zero-order chi connectivity index (χ0) is 13.7. The van der Waals surface area contributed by atoms with Crippen LogP contribution in [0.4, 0.5) is 0 Å². The maximum atomic E-state index is 4.16. The molecule has 0 spiro atoms. The molecule has 0 aliphatic rings. The van der Waals surface area contributed by atoms with Gasteiger partial charge in [0.2, 0.25) is 0 Å². The Morgan fingerprint density at radius 3 is 2.58 bits per heavy atom. The van der Waals surface area contributed by atoms with Gasteiger partial charge in [-0.1, -0.05) is 40.2 Å². The van der Waals surface area contributed by atoms with Crippen molar-refractivity contribution in [1.29, 1.82) is 0 Å². The minimum Gasteiger partial charge on any atom is -0.314 e. The Kier molecular flexibility index (Phi) is 5.10. The summed E-state index contributed by atoms with van der Waals surface area (Å²) >= 11 is 3.46. The fourth-order valence-corrected chi connectivity index (χ4v) is 2.42. The fourth-order valence-electron chi connectivity index (χ4n) is 2.15. The van der Waals surface area contributed by atoms with Crippen molar-refractivity contribution in [2.24, 2.45) is 7.05 Å². The van der Waals surface area contributed by atoms with Crippen LogP contribution in [0.3, 0.4) is 0 Å². The largest absolute Gasteiger partial charge is 0.314 e. The van der Waals surface area contributed by atoms with Crippen molar-refractivity contribution in [1.82, 2.24) is 20.3 Å². The van der Waals surface area contributed by atoms with Gasteiger partial charge < -0.3 is 5.32 Å². The van der Waals surface area contributed by atoms with Crippen molar-refractivity contribution in [3.05, 3.63) is 46.2 Å². The van der Waals surface area contributed by atoms with Crippen molar-refractivity contribution >= 4 is 15.9 Å². The van der Waals surface area contributed by atoms with Crippen molar-refractivity contribution in [2.75, 3.05) is 6.54 Å². The molecule has 1 unspecified atom stereocenters. The lowest BCUT2D eigenvalue weighted by atomic mass is 10.0. The molecule has 0 amide bonds. The zero-order valence-electron chi connectivity index (χ0n) is 11.3. The van der Waals surface area contributed by atoms with Crippen LogP contribution in [0.1, 0.15) is 18.2 Å². The number of nitrogens with one attached hydrogen (secondary N) is 1. The molecule has 19 heavy (non-hydrogen) atoms. The van der Waals surface area contributed by atoms with E-state index in [1.165, 1.54) is 5.56 Å². The van der Waals surface area contributed by atoms with E-state index in [1.54, 1.807) is 4.68 Å². The second-order valence-corrected chi connectivity index (χ2v) is 5.59. The number of benzene rings is 1. The van der Waals surface area contributed by atoms with E-state index in [0.717, 1.165) is 29.6 Å². The molecule has 0 aliphatic carbocycles. The Morgan fingerprint density at radius 2 is 2.00 bits per heavy atom. The van der Waals surface area contributed by atoms with Crippen molar-refractivity contribution < 1.29 is 0 Å². The normalized spacial score (nSPS) is 12.6. The predicted molar refractivity (Wildman–Crippen MR) is 80.0 cm³/mol. The van der Waals surface area contributed by atoms with Crippen molar-refractivity contribution in [3.8, 4) is 0 Å². The quantitative estimate of drug-likeness (QED) is 0.887. The van der Waals surface area contributed by atoms with Gasteiger partial charge in [-0.05, 0) is 30.7 Å². The van der Waals surface area contributed by atoms with Crippen LogP contribution in [0, 0.1) is 0 Å². The number of likely N-dealkylation sites (N-methyl/N-ethyl adjacent to an activating group) is 1. The summed E-state index contributed by atoms with van der Waals surface area (Å²) in [6, 6.07) is 8.88. The molecule has 2 rings (SSSR count). The van der Waals surface area contributed by atoms with E-state index in [-0.39, 0.29) is 0 Å². The first-order chi connectivity index (χ1) is 9.17. The van der Waals surface area contributed by atoms with E-state index in [4.69, 9.17) is 0 Å². The Hall–Kier alpha value is -1.20. The van der Waals surface area contributed by atoms with Crippen LogP contribution in [0.15, 0.2) is 34.9 Å². The third-order valence-electron chi connectivity index (χ3n) is 2.99. The van der Waals surface area contributed by atoms with Gasteiger partial charge in [0.15, 0.2) is 0 Å². The standard InChI is InChI=1S/C14H19BrN4/c1-3-16-13(9-14-10-19(2)18-17-14)8-11-4-6-12(15)7-5-11/h4-7,10,13,16H,3,8-9H2,1-2H3. The third kappa shape index (κ3) is 4.44. The second kappa shape index (κ2) is 6.82. The molecule has 0 bridgehead atoms. The van der Waals surface area contributed by atoms with Crippen LogP contribution < -0.4 is 5.32 Å². The maximum absolute atomic E-state index is 4.16. The molecule has 1 heterocycles. The van der Waals surface area contributed by atoms with E-state index >= 15 is 0 Å². The second-order valence-electron chi connectivity index (χ2n) is 4.67. The summed E-state index contributed by atoms with van der Waals surface area (Å²) in [4.78, 5) is 0. The molecule has 0 saturated heterocycles. The average Bonchev–Trinajstić information content (AvgIpc) is 2.78. The van der Waals surface area contributed by atoms with Gasteiger partial charge in [-0.15, -0.1) is 5.10 Å². The first-order valence-corrected chi connectivity index (χ1v) is 7.29. The summed E-state index contributed by atoms with van der Waals surface area (Å²) in [5.41, 5.74) is 2.36. The first kappa shape index (κ1) is 14.2. The summed E-state index contributed by atoms with van der Waals surface area (Å²) in [7, 11) is 1.90. The third-order valence-corrected chi connectivity index (χ3v) is 3.52. The number of nitrogens with zero attached hydrogens (tertiary/aromatic N) is 3. The molecular formula is C14H19BrN4. The van der Waals surface area contributed by atoms with Gasteiger partial charge in [-0.25, -0.2) is 0 Å². The van der Waals surface area contributed by atoms with Crippen LogP contribution in [0.25, 0.3) is 0 Å². The monoisotopic (exact) mass is 322 g/mol. The van der Waals surface area contributed by atoms with Gasteiger partial charge in [-0.3, -0.25) is 4.68 Å². The lowest BCUT2D eigenvalue weighted by Gasteiger charge is -2.16. The highest BCUT2D eigenvalue weighted by molar-refractivity contribution is 9.10. The molecule has 0 saturated carbocycles. The van der Waals surface area contributed by atoms with Gasteiger partial charge in [0, 0.05) is 30.2 Å². The zero-order valence-corrected chi connectivity index (χ0v) is 12.9. The number of aryl methyl sites for hydroxylation is 1. The summed E-state index contributed by atoms with van der Waals surface area (Å²) in [5, 5.41) is 11.7. The molecule has 0 aliphatic heterocycles. The fraction of sp³-hybridized carbons (Fsp3) is 0.429. The Labute approximate surface area is 122 Å². The molecule has 5 heteroatoms. The minimum absolute atomic E-state index is 0.392. The molecule has 2 aromatic rings. The summed E-state index contributed by atoms with van der Waals surface area (Å²) in [6.45, 7) is 3.09. The molecular weight excluding hydrogens is 304 g/mol. The van der Waals surface area contributed by atoms with Crippen LogP contribution >= 0.6 is 15.9 Å². The molecule has 1 atom stereocenters. The van der Waals surface area contributed by atoms with E-state index in [1.807, 2.05) is 13.2 Å². The van der Waals surface area contributed by atoms with E-state index in [2.05, 4.69) is 62.7 Å². The van der Waals surface area contributed by atoms with Crippen LogP contribution in [0.2, 0.25) is 0 Å². The average molecular weight is 323 g/mol. The highest BCUT2D eigenvalue weighted by Gasteiger charge is 2.11. The van der Waals surface area contributed by atoms with Gasteiger partial charge >= 0.3 is 0 Å². The Morgan fingerprint density at radius 1 is 1.26 bits per heavy atom. The van der Waals surface area contributed by atoms with E-state index in [9.17, 15) is 0 Å². The molecule has 1 aromatic carbocycles. The SMILES string of the molecule is CCNC(Cc1ccc(Br)cc1)Cc1cn(C)nn1. The summed E-state index contributed by atoms with van der Waals surface area (Å²) in [6.07, 6.45) is 3.88. The van der Waals surface area contributed by atoms with Gasteiger partial charge in [0.1, 0.15) is 0 Å². The maximum Gasteiger partial charge on any atom is 0.0842 e. The highest BCUT2D eigenvalue weighted by atomic mass is 79.9. The molecule has 4 nitrogen and oxygen atoms in total. The molecule has 1 N–H and O–H groups in total. The van der Waals surface area contributed by atoms with Gasteiger partial charge in [0.05, 0.1) is 5.69 Å².